The van der Waals surface area contributed by atoms with Gasteiger partial charge in [-0.05, 0) is 30.3 Å². The molecular formula is C15H13BrFNO3S. The molecule has 116 valence electrons. The number of carbonyl (C=O) groups is 1. The summed E-state index contributed by atoms with van der Waals surface area (Å²) >= 11 is 3.11. The highest BCUT2D eigenvalue weighted by molar-refractivity contribution is 9.10. The number of hydrogen-bond donors (Lipinski definition) is 1. The molecule has 2 aromatic rings. The average Bonchev–Trinajstić information content (AvgIpc) is 2.49. The van der Waals surface area contributed by atoms with E-state index in [0.717, 1.165) is 0 Å². The van der Waals surface area contributed by atoms with Crippen LogP contribution in [0.3, 0.4) is 0 Å². The van der Waals surface area contributed by atoms with E-state index in [1.807, 2.05) is 0 Å². The van der Waals surface area contributed by atoms with Crippen molar-refractivity contribution in [3.63, 3.8) is 0 Å². The Bertz CT molecular complexity index is 779. The van der Waals surface area contributed by atoms with Gasteiger partial charge in [0.05, 0.1) is 16.3 Å². The molecule has 0 aliphatic rings. The predicted molar refractivity (Wildman–Crippen MR) is 85.8 cm³/mol. The lowest BCUT2D eigenvalue weighted by molar-refractivity contribution is -0.115. The van der Waals surface area contributed by atoms with Gasteiger partial charge >= 0.3 is 0 Å². The van der Waals surface area contributed by atoms with Crippen molar-refractivity contribution in [1.82, 2.24) is 0 Å². The van der Waals surface area contributed by atoms with Crippen LogP contribution in [0.25, 0.3) is 0 Å². The van der Waals surface area contributed by atoms with Gasteiger partial charge in [-0.15, -0.1) is 0 Å². The van der Waals surface area contributed by atoms with E-state index in [-0.39, 0.29) is 22.8 Å². The summed E-state index contributed by atoms with van der Waals surface area (Å²) in [6.45, 7) is 0. The number of hydrogen-bond acceptors (Lipinski definition) is 3. The van der Waals surface area contributed by atoms with Crippen molar-refractivity contribution in [2.24, 2.45) is 0 Å². The third-order valence-electron chi connectivity index (χ3n) is 2.91. The summed E-state index contributed by atoms with van der Waals surface area (Å²) < 4.78 is 38.2. The van der Waals surface area contributed by atoms with Crippen molar-refractivity contribution >= 4 is 37.4 Å². The number of anilines is 1. The lowest BCUT2D eigenvalue weighted by Crippen LogP contribution is -2.18. The van der Waals surface area contributed by atoms with Crippen LogP contribution >= 0.6 is 15.9 Å². The molecule has 0 spiro atoms. The van der Waals surface area contributed by atoms with Gasteiger partial charge in [0.1, 0.15) is 5.82 Å². The first-order chi connectivity index (χ1) is 10.4. The van der Waals surface area contributed by atoms with Gasteiger partial charge in [0.25, 0.3) is 0 Å². The zero-order valence-electron chi connectivity index (χ0n) is 11.4. The Balaban J connectivity index is 1.98. The van der Waals surface area contributed by atoms with E-state index in [1.165, 1.54) is 24.3 Å². The highest BCUT2D eigenvalue weighted by Crippen LogP contribution is 2.19. The van der Waals surface area contributed by atoms with Gasteiger partial charge in [-0.3, -0.25) is 4.79 Å². The summed E-state index contributed by atoms with van der Waals surface area (Å²) in [6.07, 6.45) is -0.243. The molecule has 0 atom stereocenters. The van der Waals surface area contributed by atoms with Crippen LogP contribution < -0.4 is 5.32 Å². The molecule has 0 aliphatic heterocycles. The SMILES string of the molecule is O=C(CCS(=O)(=O)c1ccccc1)Nc1ccc(Br)cc1F. The van der Waals surface area contributed by atoms with Gasteiger partial charge in [-0.25, -0.2) is 12.8 Å². The Labute approximate surface area is 136 Å². The second kappa shape index (κ2) is 7.02. The summed E-state index contributed by atoms with van der Waals surface area (Å²) in [6, 6.07) is 12.1. The van der Waals surface area contributed by atoms with Crippen LogP contribution in [0.4, 0.5) is 10.1 Å². The molecule has 2 rings (SSSR count). The molecule has 2 aromatic carbocycles. The largest absolute Gasteiger partial charge is 0.324 e. The molecule has 0 saturated heterocycles. The summed E-state index contributed by atoms with van der Waals surface area (Å²) in [5, 5.41) is 2.36. The summed E-state index contributed by atoms with van der Waals surface area (Å²) in [5.41, 5.74) is 0.0188. The van der Waals surface area contributed by atoms with Crippen LogP contribution in [0, 0.1) is 5.82 Å². The van der Waals surface area contributed by atoms with Crippen LogP contribution in [-0.2, 0) is 14.6 Å². The number of rotatable bonds is 5. The topological polar surface area (TPSA) is 63.2 Å². The molecule has 0 aromatic heterocycles. The van der Waals surface area contributed by atoms with Gasteiger partial charge in [0.15, 0.2) is 9.84 Å². The molecule has 22 heavy (non-hydrogen) atoms. The number of amides is 1. The number of nitrogens with one attached hydrogen (secondary N) is 1. The quantitative estimate of drug-likeness (QED) is 0.857. The maximum Gasteiger partial charge on any atom is 0.225 e. The summed E-state index contributed by atoms with van der Waals surface area (Å²) in [7, 11) is -3.53. The van der Waals surface area contributed by atoms with Gasteiger partial charge < -0.3 is 5.32 Å². The molecule has 0 fully saturated rings. The van der Waals surface area contributed by atoms with E-state index in [2.05, 4.69) is 21.2 Å². The molecule has 4 nitrogen and oxygen atoms in total. The lowest BCUT2D eigenvalue weighted by Gasteiger charge is -2.07. The maximum absolute atomic E-state index is 13.6. The molecule has 1 amide bonds. The van der Waals surface area contributed by atoms with Crippen LogP contribution in [0.2, 0.25) is 0 Å². The minimum Gasteiger partial charge on any atom is -0.324 e. The van der Waals surface area contributed by atoms with Crippen LogP contribution in [0.5, 0.6) is 0 Å². The van der Waals surface area contributed by atoms with E-state index in [1.54, 1.807) is 24.3 Å². The van der Waals surface area contributed by atoms with E-state index in [0.29, 0.717) is 4.47 Å². The molecule has 7 heteroatoms. The first kappa shape index (κ1) is 16.6. The van der Waals surface area contributed by atoms with Crippen molar-refractivity contribution in [1.29, 1.82) is 0 Å². The van der Waals surface area contributed by atoms with Crippen molar-refractivity contribution in [3.05, 3.63) is 58.8 Å². The Hall–Kier alpha value is -1.73. The Morgan fingerprint density at radius 1 is 1.14 bits per heavy atom. The molecule has 0 radical (unpaired) electrons. The maximum atomic E-state index is 13.6. The molecule has 0 saturated carbocycles. The third kappa shape index (κ3) is 4.38. The third-order valence-corrected chi connectivity index (χ3v) is 5.13. The van der Waals surface area contributed by atoms with Crippen molar-refractivity contribution < 1.29 is 17.6 Å². The van der Waals surface area contributed by atoms with Gasteiger partial charge in [0, 0.05) is 10.9 Å². The molecule has 0 bridgehead atoms. The second-order valence-corrected chi connectivity index (χ2v) is 7.58. The summed E-state index contributed by atoms with van der Waals surface area (Å²) in [4.78, 5) is 11.9. The number of sulfone groups is 1. The molecule has 0 unspecified atom stereocenters. The molecular weight excluding hydrogens is 373 g/mol. The molecule has 0 aliphatic carbocycles. The Morgan fingerprint density at radius 2 is 1.82 bits per heavy atom. The van der Waals surface area contributed by atoms with E-state index in [4.69, 9.17) is 0 Å². The van der Waals surface area contributed by atoms with Gasteiger partial charge in [0.2, 0.25) is 5.91 Å². The Kier molecular flexibility index (Phi) is 5.31. The second-order valence-electron chi connectivity index (χ2n) is 4.55. The predicted octanol–water partition coefficient (Wildman–Crippen LogP) is 3.39. The average molecular weight is 386 g/mol. The molecule has 1 N–H and O–H groups in total. The Morgan fingerprint density at radius 3 is 2.45 bits per heavy atom. The lowest BCUT2D eigenvalue weighted by atomic mass is 10.3. The summed E-state index contributed by atoms with van der Waals surface area (Å²) in [5.74, 6) is -1.48. The first-order valence-corrected chi connectivity index (χ1v) is 8.86. The van der Waals surface area contributed by atoms with Crippen molar-refractivity contribution in [3.8, 4) is 0 Å². The number of halogens is 2. The van der Waals surface area contributed by atoms with Crippen molar-refractivity contribution in [2.75, 3.05) is 11.1 Å². The fraction of sp³-hybridized carbons (Fsp3) is 0.133. The zero-order valence-corrected chi connectivity index (χ0v) is 13.8. The van der Waals surface area contributed by atoms with E-state index < -0.39 is 21.6 Å². The van der Waals surface area contributed by atoms with Gasteiger partial charge in [-0.2, -0.15) is 0 Å². The van der Waals surface area contributed by atoms with E-state index >= 15 is 0 Å². The molecule has 0 heterocycles. The van der Waals surface area contributed by atoms with Crippen LogP contribution in [0.15, 0.2) is 57.9 Å². The fourth-order valence-electron chi connectivity index (χ4n) is 1.78. The standard InChI is InChI=1S/C15H13BrFNO3S/c16-11-6-7-14(13(17)10-11)18-15(19)8-9-22(20,21)12-4-2-1-3-5-12/h1-7,10H,8-9H2,(H,18,19). The monoisotopic (exact) mass is 385 g/mol. The first-order valence-electron chi connectivity index (χ1n) is 6.41. The van der Waals surface area contributed by atoms with Crippen LogP contribution in [0.1, 0.15) is 6.42 Å². The van der Waals surface area contributed by atoms with Crippen LogP contribution in [-0.4, -0.2) is 20.1 Å². The van der Waals surface area contributed by atoms with E-state index in [9.17, 15) is 17.6 Å². The smallest absolute Gasteiger partial charge is 0.225 e. The number of benzene rings is 2. The van der Waals surface area contributed by atoms with Crippen molar-refractivity contribution in [2.45, 2.75) is 11.3 Å². The minimum atomic E-state index is -3.53. The highest BCUT2D eigenvalue weighted by atomic mass is 79.9. The zero-order chi connectivity index (χ0) is 16.2. The normalized spacial score (nSPS) is 11.2. The fourth-order valence-corrected chi connectivity index (χ4v) is 3.37. The highest BCUT2D eigenvalue weighted by Gasteiger charge is 2.16. The minimum absolute atomic E-state index is 0.0188. The van der Waals surface area contributed by atoms with Gasteiger partial charge in [-0.1, -0.05) is 34.1 Å². The number of carbonyl (C=O) groups excluding carboxylic acids is 1.